The van der Waals surface area contributed by atoms with Gasteiger partial charge in [-0.15, -0.1) is 0 Å². The largest absolute Gasteiger partial charge is 0.459 e. The van der Waals surface area contributed by atoms with Crippen molar-refractivity contribution >= 4 is 17.2 Å². The first kappa shape index (κ1) is 22.4. The second-order valence-corrected chi connectivity index (χ2v) is 7.52. The summed E-state index contributed by atoms with van der Waals surface area (Å²) in [5.74, 6) is -6.00. The van der Waals surface area contributed by atoms with Gasteiger partial charge in [-0.05, 0) is 25.5 Å². The van der Waals surface area contributed by atoms with E-state index in [1.807, 2.05) is 31.2 Å². The molecule has 0 spiro atoms. The Morgan fingerprint density at radius 1 is 1.09 bits per heavy atom. The van der Waals surface area contributed by atoms with E-state index >= 15 is 0 Å². The van der Waals surface area contributed by atoms with E-state index in [9.17, 15) is 26.7 Å². The Morgan fingerprint density at radius 2 is 1.85 bits per heavy atom. The highest BCUT2D eigenvalue weighted by atomic mass is 19.4. The summed E-state index contributed by atoms with van der Waals surface area (Å²) in [7, 11) is 0. The Labute approximate surface area is 183 Å². The number of benzene rings is 1. The van der Waals surface area contributed by atoms with E-state index in [-0.39, 0.29) is 17.0 Å². The summed E-state index contributed by atoms with van der Waals surface area (Å²) in [6.07, 6.45) is -2.90. The summed E-state index contributed by atoms with van der Waals surface area (Å²) in [6, 6.07) is 9.40. The normalized spacial score (nSPS) is 12.3. The lowest BCUT2D eigenvalue weighted by Crippen LogP contribution is -2.36. The lowest BCUT2D eigenvalue weighted by molar-refractivity contribution is -0.291. The molecule has 0 aliphatic carbocycles. The molecule has 172 valence electrons. The number of hydrogen-bond donors (Lipinski definition) is 1. The van der Waals surface area contributed by atoms with Crippen molar-refractivity contribution in [2.45, 2.75) is 32.5 Å². The van der Waals surface area contributed by atoms with Gasteiger partial charge in [-0.3, -0.25) is 9.48 Å². The average Bonchev–Trinajstić information content (AvgIpc) is 3.33. The molecular weight excluding hydrogens is 447 g/mol. The van der Waals surface area contributed by atoms with Crippen molar-refractivity contribution in [2.24, 2.45) is 0 Å². The molecule has 1 N–H and O–H groups in total. The number of hydrogen-bond acceptors (Lipinski definition) is 4. The number of anilines is 1. The summed E-state index contributed by atoms with van der Waals surface area (Å²) in [5.41, 5.74) is 0.186. The van der Waals surface area contributed by atoms with Crippen LogP contribution in [0.25, 0.3) is 5.65 Å². The molecule has 7 nitrogen and oxygen atoms in total. The summed E-state index contributed by atoms with van der Waals surface area (Å²) in [6.45, 7) is 3.68. The minimum atomic E-state index is -5.84. The van der Waals surface area contributed by atoms with Crippen LogP contribution in [-0.2, 0) is 12.5 Å². The van der Waals surface area contributed by atoms with Crippen LogP contribution >= 0.6 is 0 Å². The number of aromatic nitrogens is 5. The van der Waals surface area contributed by atoms with Gasteiger partial charge in [0.05, 0.1) is 18.4 Å². The van der Waals surface area contributed by atoms with Crippen LogP contribution in [0.2, 0.25) is 0 Å². The molecule has 0 aliphatic heterocycles. The van der Waals surface area contributed by atoms with Crippen LogP contribution in [0.3, 0.4) is 0 Å². The Hall–Kier alpha value is -3.83. The van der Waals surface area contributed by atoms with E-state index in [2.05, 4.69) is 20.5 Å². The predicted octanol–water partition coefficient (Wildman–Crippen LogP) is 4.50. The number of rotatable bonds is 5. The third kappa shape index (κ3) is 4.41. The smallest absolute Gasteiger partial charge is 0.318 e. The number of carbonyl (C=O) groups is 1. The molecule has 0 bridgehead atoms. The second-order valence-electron chi connectivity index (χ2n) is 7.52. The summed E-state index contributed by atoms with van der Waals surface area (Å²) in [4.78, 5) is 16.5. The number of aryl methyl sites for hydroxylation is 2. The van der Waals surface area contributed by atoms with Crippen molar-refractivity contribution in [1.29, 1.82) is 0 Å². The van der Waals surface area contributed by atoms with Crippen molar-refractivity contribution in [3.8, 4) is 0 Å². The number of fused-ring (bicyclic) bond motifs is 1. The Balaban J connectivity index is 1.58. The summed E-state index contributed by atoms with van der Waals surface area (Å²) < 4.78 is 68.7. The van der Waals surface area contributed by atoms with Crippen LogP contribution in [0.15, 0.2) is 48.8 Å². The van der Waals surface area contributed by atoms with E-state index in [0.717, 1.165) is 17.2 Å². The third-order valence-electron chi connectivity index (χ3n) is 4.78. The Bertz CT molecular complexity index is 1340. The zero-order chi connectivity index (χ0) is 24.0. The number of nitrogens with one attached hydrogen (secondary N) is 1. The predicted molar refractivity (Wildman–Crippen MR) is 108 cm³/mol. The molecule has 1 amide bonds. The first-order chi connectivity index (χ1) is 15.4. The summed E-state index contributed by atoms with van der Waals surface area (Å²) >= 11 is 0. The maximum atomic E-state index is 14.0. The van der Waals surface area contributed by atoms with Gasteiger partial charge in [0.15, 0.2) is 11.3 Å². The van der Waals surface area contributed by atoms with E-state index in [1.54, 1.807) is 10.9 Å². The molecular formula is C21H17F5N6O. The van der Waals surface area contributed by atoms with Crippen molar-refractivity contribution < 1.29 is 26.7 Å². The molecule has 0 saturated heterocycles. The monoisotopic (exact) mass is 464 g/mol. The second kappa shape index (κ2) is 7.94. The van der Waals surface area contributed by atoms with Gasteiger partial charge in [-0.1, -0.05) is 29.8 Å². The number of carbonyl (C=O) groups excluding carboxylic acids is 1. The van der Waals surface area contributed by atoms with Gasteiger partial charge in [0, 0.05) is 18.0 Å². The molecule has 3 heterocycles. The first-order valence-electron chi connectivity index (χ1n) is 9.66. The third-order valence-corrected chi connectivity index (χ3v) is 4.78. The average molecular weight is 464 g/mol. The van der Waals surface area contributed by atoms with Crippen molar-refractivity contribution in [3.05, 3.63) is 77.0 Å². The van der Waals surface area contributed by atoms with Crippen LogP contribution in [0.4, 0.5) is 27.6 Å². The molecule has 0 unspecified atom stereocenters. The topological polar surface area (TPSA) is 77.1 Å². The molecule has 0 saturated carbocycles. The van der Waals surface area contributed by atoms with E-state index < -0.39 is 23.7 Å². The standard InChI is InChI=1S/C21H17F5N6O/c1-12-4-3-5-14(6-12)10-31-11-15(9-27-31)29-19(33)16-8-18-28-13(2)7-17(32(18)30-16)20(22,23)21(24,25)26/h3-9,11H,10H2,1-2H3,(H,29,33). The Kier molecular flexibility index (Phi) is 5.38. The maximum Gasteiger partial charge on any atom is 0.459 e. The molecule has 1 aromatic carbocycles. The highest BCUT2D eigenvalue weighted by molar-refractivity contribution is 6.03. The molecule has 12 heteroatoms. The first-order valence-corrected chi connectivity index (χ1v) is 9.66. The quantitative estimate of drug-likeness (QED) is 0.442. The van der Waals surface area contributed by atoms with Crippen LogP contribution in [0.1, 0.15) is 33.0 Å². The van der Waals surface area contributed by atoms with Crippen molar-refractivity contribution in [2.75, 3.05) is 5.32 Å². The van der Waals surface area contributed by atoms with Gasteiger partial charge < -0.3 is 5.32 Å². The van der Waals surface area contributed by atoms with Crippen LogP contribution in [0, 0.1) is 13.8 Å². The lowest BCUT2D eigenvalue weighted by atomic mass is 10.1. The number of amides is 1. The number of alkyl halides is 5. The summed E-state index contributed by atoms with van der Waals surface area (Å²) in [5, 5.41) is 10.3. The molecule has 0 radical (unpaired) electrons. The van der Waals surface area contributed by atoms with Gasteiger partial charge in [-0.2, -0.15) is 32.1 Å². The van der Waals surface area contributed by atoms with Crippen LogP contribution in [-0.4, -0.2) is 36.5 Å². The van der Waals surface area contributed by atoms with Gasteiger partial charge in [0.1, 0.15) is 5.69 Å². The van der Waals surface area contributed by atoms with Crippen molar-refractivity contribution in [3.63, 3.8) is 0 Å². The minimum absolute atomic E-state index is 0.0780. The van der Waals surface area contributed by atoms with E-state index in [0.29, 0.717) is 22.8 Å². The zero-order valence-corrected chi connectivity index (χ0v) is 17.4. The van der Waals surface area contributed by atoms with Crippen LogP contribution < -0.4 is 5.32 Å². The fourth-order valence-corrected chi connectivity index (χ4v) is 3.29. The van der Waals surface area contributed by atoms with Crippen LogP contribution in [0.5, 0.6) is 0 Å². The van der Waals surface area contributed by atoms with Gasteiger partial charge in [0.2, 0.25) is 0 Å². The van der Waals surface area contributed by atoms with Crippen molar-refractivity contribution in [1.82, 2.24) is 24.4 Å². The fraction of sp³-hybridized carbons (Fsp3) is 0.238. The fourth-order valence-electron chi connectivity index (χ4n) is 3.29. The van der Waals surface area contributed by atoms with Gasteiger partial charge in [-0.25, -0.2) is 9.50 Å². The molecule has 0 atom stereocenters. The molecule has 4 rings (SSSR count). The lowest BCUT2D eigenvalue weighted by Gasteiger charge is -2.20. The highest BCUT2D eigenvalue weighted by Gasteiger charge is 2.60. The SMILES string of the molecule is Cc1cccc(Cn2cc(NC(=O)c3cc4nc(C)cc(C(F)(F)C(F)(F)F)n4n3)cn2)c1. The number of nitrogens with zero attached hydrogens (tertiary/aromatic N) is 5. The highest BCUT2D eigenvalue weighted by Crippen LogP contribution is 2.43. The van der Waals surface area contributed by atoms with Gasteiger partial charge in [0.25, 0.3) is 5.91 Å². The minimum Gasteiger partial charge on any atom is -0.318 e. The molecule has 0 aliphatic rings. The molecule has 4 aromatic rings. The molecule has 33 heavy (non-hydrogen) atoms. The molecule has 0 fully saturated rings. The zero-order valence-electron chi connectivity index (χ0n) is 17.4. The number of halogens is 5. The molecule has 3 aromatic heterocycles. The van der Waals surface area contributed by atoms with Gasteiger partial charge >= 0.3 is 12.1 Å². The Morgan fingerprint density at radius 3 is 2.55 bits per heavy atom. The van der Waals surface area contributed by atoms with E-state index in [4.69, 9.17) is 0 Å². The van der Waals surface area contributed by atoms with E-state index in [1.165, 1.54) is 13.1 Å². The maximum absolute atomic E-state index is 14.0.